The highest BCUT2D eigenvalue weighted by molar-refractivity contribution is 6.00. The minimum absolute atomic E-state index is 0.204. The van der Waals surface area contributed by atoms with Crippen molar-refractivity contribution in [1.29, 1.82) is 0 Å². The summed E-state index contributed by atoms with van der Waals surface area (Å²) in [6.07, 6.45) is 0.592. The van der Waals surface area contributed by atoms with Gasteiger partial charge in [-0.2, -0.15) is 0 Å². The van der Waals surface area contributed by atoms with Gasteiger partial charge in [-0.15, -0.1) is 0 Å². The zero-order valence-electron chi connectivity index (χ0n) is 20.4. The van der Waals surface area contributed by atoms with Gasteiger partial charge in [0.1, 0.15) is 16.8 Å². The van der Waals surface area contributed by atoms with E-state index >= 15 is 0 Å². The molecule has 4 amide bonds. The van der Waals surface area contributed by atoms with E-state index in [2.05, 4.69) is 31.4 Å². The van der Waals surface area contributed by atoms with Crippen molar-refractivity contribution in [3.8, 4) is 0 Å². The van der Waals surface area contributed by atoms with Gasteiger partial charge in [-0.05, 0) is 36.1 Å². The first kappa shape index (κ1) is 27.4. The van der Waals surface area contributed by atoms with Crippen molar-refractivity contribution in [2.45, 2.75) is 32.0 Å². The number of hydrogen-bond donors (Lipinski definition) is 7. The summed E-state index contributed by atoms with van der Waals surface area (Å²) in [5, 5.41) is 24.0. The second-order valence-corrected chi connectivity index (χ2v) is 8.34. The number of rotatable bonds is 12. The molecule has 14 heteroatoms. The van der Waals surface area contributed by atoms with Crippen molar-refractivity contribution in [3.05, 3.63) is 81.5 Å². The lowest BCUT2D eigenvalue weighted by Gasteiger charge is -2.18. The maximum atomic E-state index is 13.0. The van der Waals surface area contributed by atoms with Crippen LogP contribution in [-0.2, 0) is 17.9 Å². The Bertz CT molecular complexity index is 1290. The molecule has 0 spiro atoms. The van der Waals surface area contributed by atoms with Gasteiger partial charge < -0.3 is 37.7 Å². The maximum absolute atomic E-state index is 13.0. The van der Waals surface area contributed by atoms with Gasteiger partial charge in [0.25, 0.3) is 11.9 Å². The fraction of sp³-hybridized carbons (Fsp3) is 0.250. The third-order valence-corrected chi connectivity index (χ3v) is 5.52. The topological polar surface area (TPSA) is 223 Å². The van der Waals surface area contributed by atoms with Crippen molar-refractivity contribution >= 4 is 34.7 Å². The monoisotopic (exact) mass is 523 g/mol. The van der Waals surface area contributed by atoms with E-state index in [1.807, 2.05) is 24.3 Å². The summed E-state index contributed by atoms with van der Waals surface area (Å²) in [7, 11) is 0. The molecule has 0 saturated carbocycles. The number of nitro groups is 1. The summed E-state index contributed by atoms with van der Waals surface area (Å²) in [4.78, 5) is 50.2. The minimum atomic E-state index is -0.917. The molecule has 0 fully saturated rings. The van der Waals surface area contributed by atoms with Crippen LogP contribution in [0.2, 0.25) is 0 Å². The standard InChI is InChI=1S/C24H29N9O5/c25-23(32-33(37)38)27-11-3-6-19(31-22(35)20-12-17-4-1-2-5-18(17)30-20)21(34)28-13-15-7-9-16(10-8-15)14-29-24(26)36/h1-2,4-5,7-10,12,19,30H,3,6,11,13-14H2,(H,28,34)(H,31,35)(H3,25,27,32)(H3,26,29,36)/t19-/m1/s1. The summed E-state index contributed by atoms with van der Waals surface area (Å²) < 4.78 is 0. The molecule has 200 valence electrons. The molecule has 0 bridgehead atoms. The molecule has 38 heavy (non-hydrogen) atoms. The van der Waals surface area contributed by atoms with Crippen LogP contribution in [0.5, 0.6) is 0 Å². The second kappa shape index (κ2) is 13.2. The van der Waals surface area contributed by atoms with E-state index in [-0.39, 0.29) is 32.0 Å². The van der Waals surface area contributed by atoms with E-state index in [4.69, 9.17) is 11.5 Å². The number of guanidine groups is 1. The molecule has 0 saturated heterocycles. The first-order chi connectivity index (χ1) is 18.2. The predicted molar refractivity (Wildman–Crippen MR) is 140 cm³/mol. The number of nitrogens with two attached hydrogens (primary N) is 2. The lowest BCUT2D eigenvalue weighted by molar-refractivity contribution is -0.485. The van der Waals surface area contributed by atoms with Crippen LogP contribution in [0.1, 0.15) is 34.5 Å². The molecule has 3 aromatic rings. The highest BCUT2D eigenvalue weighted by atomic mass is 16.7. The number of hydrazone groups is 1. The minimum Gasteiger partial charge on any atom is -0.365 e. The third kappa shape index (κ3) is 8.51. The number of amides is 4. The molecule has 1 atom stereocenters. The van der Waals surface area contributed by atoms with Gasteiger partial charge in [-0.25, -0.2) is 14.9 Å². The van der Waals surface area contributed by atoms with E-state index < -0.39 is 28.9 Å². The van der Waals surface area contributed by atoms with Crippen molar-refractivity contribution in [1.82, 2.24) is 26.3 Å². The average molecular weight is 524 g/mol. The molecule has 2 aromatic carbocycles. The number of urea groups is 1. The number of carbonyl (C=O) groups excluding carboxylic acids is 3. The predicted octanol–water partition coefficient (Wildman–Crippen LogP) is 0.627. The highest BCUT2D eigenvalue weighted by Gasteiger charge is 2.22. The second-order valence-electron chi connectivity index (χ2n) is 8.34. The molecule has 0 aliphatic carbocycles. The lowest BCUT2D eigenvalue weighted by atomic mass is 10.1. The normalized spacial score (nSPS) is 11.9. The Morgan fingerprint density at radius 2 is 1.63 bits per heavy atom. The highest BCUT2D eigenvalue weighted by Crippen LogP contribution is 2.15. The van der Waals surface area contributed by atoms with Crippen molar-refractivity contribution in [2.24, 2.45) is 16.6 Å². The Kier molecular flexibility index (Phi) is 9.57. The van der Waals surface area contributed by atoms with Gasteiger partial charge in [0.15, 0.2) is 5.03 Å². The van der Waals surface area contributed by atoms with Gasteiger partial charge in [0, 0.05) is 30.5 Å². The van der Waals surface area contributed by atoms with Gasteiger partial charge in [0.05, 0.1) is 0 Å². The SMILES string of the molecule is NC(=O)NCc1ccc(CNC(=O)[C@@H](CCCNC(N)=N[N+](=O)[O-])NC(=O)c2cc3ccccc3[nH]2)cc1. The van der Waals surface area contributed by atoms with Crippen molar-refractivity contribution < 1.29 is 19.4 Å². The summed E-state index contributed by atoms with van der Waals surface area (Å²) in [6, 6.07) is 14.8. The van der Waals surface area contributed by atoms with Crippen LogP contribution < -0.4 is 32.7 Å². The van der Waals surface area contributed by atoms with Gasteiger partial charge >= 0.3 is 6.03 Å². The quantitative estimate of drug-likeness (QED) is 0.0589. The molecule has 14 nitrogen and oxygen atoms in total. The smallest absolute Gasteiger partial charge is 0.312 e. The Morgan fingerprint density at radius 3 is 2.26 bits per heavy atom. The number of primary amides is 1. The Labute approximate surface area is 217 Å². The van der Waals surface area contributed by atoms with Crippen LogP contribution >= 0.6 is 0 Å². The van der Waals surface area contributed by atoms with Gasteiger partial charge in [0.2, 0.25) is 5.91 Å². The molecular formula is C24H29N9O5. The first-order valence-corrected chi connectivity index (χ1v) is 11.7. The molecule has 0 aliphatic rings. The molecule has 1 aromatic heterocycles. The van der Waals surface area contributed by atoms with E-state index in [1.54, 1.807) is 30.3 Å². The molecule has 0 aliphatic heterocycles. The number of hydrogen-bond acceptors (Lipinski definition) is 5. The van der Waals surface area contributed by atoms with Gasteiger partial charge in [-0.1, -0.05) is 42.5 Å². The van der Waals surface area contributed by atoms with E-state index in [0.717, 1.165) is 22.0 Å². The van der Waals surface area contributed by atoms with Crippen LogP contribution in [0.3, 0.4) is 0 Å². The summed E-state index contributed by atoms with van der Waals surface area (Å²) in [5.74, 6) is -1.21. The lowest BCUT2D eigenvalue weighted by Crippen LogP contribution is -2.47. The molecule has 0 unspecified atom stereocenters. The molecule has 1 heterocycles. The first-order valence-electron chi connectivity index (χ1n) is 11.7. The number of benzene rings is 2. The number of para-hydroxylation sites is 1. The Morgan fingerprint density at radius 1 is 0.974 bits per heavy atom. The van der Waals surface area contributed by atoms with Crippen LogP contribution in [-0.4, -0.2) is 46.4 Å². The van der Waals surface area contributed by atoms with Crippen LogP contribution in [0.25, 0.3) is 10.9 Å². The van der Waals surface area contributed by atoms with Crippen molar-refractivity contribution in [3.63, 3.8) is 0 Å². The summed E-state index contributed by atoms with van der Waals surface area (Å²) in [5.41, 5.74) is 13.2. The average Bonchev–Trinajstić information content (AvgIpc) is 3.32. The van der Waals surface area contributed by atoms with E-state index in [0.29, 0.717) is 12.1 Å². The zero-order chi connectivity index (χ0) is 27.5. The largest absolute Gasteiger partial charge is 0.365 e. The van der Waals surface area contributed by atoms with Crippen LogP contribution in [0.15, 0.2) is 59.7 Å². The Balaban J connectivity index is 1.62. The van der Waals surface area contributed by atoms with E-state index in [1.165, 1.54) is 0 Å². The van der Waals surface area contributed by atoms with E-state index in [9.17, 15) is 24.5 Å². The zero-order valence-corrected chi connectivity index (χ0v) is 20.4. The van der Waals surface area contributed by atoms with Crippen molar-refractivity contribution in [2.75, 3.05) is 6.54 Å². The molecule has 9 N–H and O–H groups in total. The summed E-state index contributed by atoms with van der Waals surface area (Å²) >= 11 is 0. The number of nitrogens with zero attached hydrogens (tertiary/aromatic N) is 2. The number of carbonyl (C=O) groups is 3. The van der Waals surface area contributed by atoms with Gasteiger partial charge in [-0.3, -0.25) is 9.59 Å². The Hall–Kier alpha value is -5.14. The third-order valence-electron chi connectivity index (χ3n) is 5.52. The number of aromatic nitrogens is 1. The fourth-order valence-electron chi connectivity index (χ4n) is 3.62. The number of nitrogens with one attached hydrogen (secondary N) is 5. The fourth-order valence-corrected chi connectivity index (χ4v) is 3.62. The van der Waals surface area contributed by atoms with Crippen LogP contribution in [0.4, 0.5) is 4.79 Å². The molecular weight excluding hydrogens is 494 g/mol. The summed E-state index contributed by atoms with van der Waals surface area (Å²) in [6.45, 7) is 0.701. The maximum Gasteiger partial charge on any atom is 0.312 e. The number of H-pyrrole nitrogens is 1. The molecule has 3 rings (SSSR count). The molecule has 0 radical (unpaired) electrons. The van der Waals surface area contributed by atoms with Crippen LogP contribution in [0, 0.1) is 10.1 Å². The number of aromatic amines is 1. The number of fused-ring (bicyclic) bond motifs is 1.